The molecule has 6 nitrogen and oxygen atoms in total. The summed E-state index contributed by atoms with van der Waals surface area (Å²) < 4.78 is 10.4. The van der Waals surface area contributed by atoms with Crippen LogP contribution in [-0.4, -0.2) is 42.7 Å². The molecular weight excluding hydrogens is 336 g/mol. The van der Waals surface area contributed by atoms with E-state index in [9.17, 15) is 0 Å². The van der Waals surface area contributed by atoms with Crippen molar-refractivity contribution < 1.29 is 9.47 Å². The summed E-state index contributed by atoms with van der Waals surface area (Å²) in [6.45, 7) is 4.28. The first kappa shape index (κ1) is 19.1. The number of hydrazone groups is 1. The number of thioether (sulfide) groups is 1. The lowest BCUT2D eigenvalue weighted by atomic mass is 10.1. The van der Waals surface area contributed by atoms with E-state index in [4.69, 9.17) is 9.47 Å². The maximum Gasteiger partial charge on any atom is 0.220 e. The highest BCUT2D eigenvalue weighted by atomic mass is 32.2. The van der Waals surface area contributed by atoms with E-state index in [1.165, 1.54) is 11.8 Å². The SMILES string of the molecule is COc1cc(OC)nc(SC(C=NN(C)c2ccccc2)C(C)C)n1. The lowest BCUT2D eigenvalue weighted by Gasteiger charge is -2.18. The van der Waals surface area contributed by atoms with E-state index in [-0.39, 0.29) is 5.25 Å². The van der Waals surface area contributed by atoms with Gasteiger partial charge in [-0.1, -0.05) is 43.8 Å². The number of aromatic nitrogens is 2. The number of ether oxygens (including phenoxy) is 2. The number of nitrogens with zero attached hydrogens (tertiary/aromatic N) is 4. The maximum atomic E-state index is 5.21. The highest BCUT2D eigenvalue weighted by Gasteiger charge is 2.17. The van der Waals surface area contributed by atoms with Crippen molar-refractivity contribution in [3.05, 3.63) is 36.4 Å². The zero-order chi connectivity index (χ0) is 18.2. The van der Waals surface area contributed by atoms with E-state index >= 15 is 0 Å². The summed E-state index contributed by atoms with van der Waals surface area (Å²) >= 11 is 1.53. The summed E-state index contributed by atoms with van der Waals surface area (Å²) in [5.74, 6) is 1.32. The van der Waals surface area contributed by atoms with Crippen molar-refractivity contribution >= 4 is 23.7 Å². The molecule has 134 valence electrons. The molecule has 0 aliphatic carbocycles. The van der Waals surface area contributed by atoms with E-state index in [0.29, 0.717) is 22.8 Å². The Kier molecular flexibility index (Phi) is 7.06. The van der Waals surface area contributed by atoms with Gasteiger partial charge in [-0.25, -0.2) is 0 Å². The van der Waals surface area contributed by atoms with Crippen molar-refractivity contribution in [1.29, 1.82) is 0 Å². The minimum Gasteiger partial charge on any atom is -0.481 e. The van der Waals surface area contributed by atoms with Crippen LogP contribution in [0.2, 0.25) is 0 Å². The van der Waals surface area contributed by atoms with Crippen molar-refractivity contribution in [2.75, 3.05) is 26.3 Å². The molecule has 2 aromatic rings. The molecule has 0 fully saturated rings. The quantitative estimate of drug-likeness (QED) is 0.309. The van der Waals surface area contributed by atoms with Crippen LogP contribution in [0, 0.1) is 5.92 Å². The Bertz CT molecular complexity index is 672. The van der Waals surface area contributed by atoms with Crippen LogP contribution in [0.25, 0.3) is 0 Å². The summed E-state index contributed by atoms with van der Waals surface area (Å²) in [6, 6.07) is 11.7. The summed E-state index contributed by atoms with van der Waals surface area (Å²) in [7, 11) is 5.08. The van der Waals surface area contributed by atoms with Crippen molar-refractivity contribution in [2.45, 2.75) is 24.3 Å². The van der Waals surface area contributed by atoms with Gasteiger partial charge in [-0.2, -0.15) is 15.1 Å². The van der Waals surface area contributed by atoms with Gasteiger partial charge in [0.1, 0.15) is 0 Å². The van der Waals surface area contributed by atoms with E-state index in [2.05, 4.69) is 28.9 Å². The van der Waals surface area contributed by atoms with Crippen LogP contribution in [0.1, 0.15) is 13.8 Å². The average molecular weight is 360 g/mol. The molecule has 0 saturated carbocycles. The molecule has 1 aromatic carbocycles. The fourth-order valence-corrected chi connectivity index (χ4v) is 2.90. The van der Waals surface area contributed by atoms with E-state index in [1.54, 1.807) is 20.3 Å². The summed E-state index contributed by atoms with van der Waals surface area (Å²) in [6.07, 6.45) is 1.93. The Morgan fingerprint density at radius 3 is 2.20 bits per heavy atom. The Balaban J connectivity index is 2.14. The van der Waals surface area contributed by atoms with Crippen LogP contribution in [0.4, 0.5) is 5.69 Å². The first-order valence-electron chi connectivity index (χ1n) is 8.00. The fraction of sp³-hybridized carbons (Fsp3) is 0.389. The monoisotopic (exact) mass is 360 g/mol. The molecule has 0 spiro atoms. The molecule has 0 amide bonds. The number of hydrogen-bond donors (Lipinski definition) is 0. The molecule has 0 saturated heterocycles. The molecule has 0 aliphatic rings. The number of methoxy groups -OCH3 is 2. The third-order valence-corrected chi connectivity index (χ3v) is 4.82. The van der Waals surface area contributed by atoms with Gasteiger partial charge in [0.15, 0.2) is 5.16 Å². The minimum atomic E-state index is 0.114. The zero-order valence-electron chi connectivity index (χ0n) is 15.2. The molecule has 1 unspecified atom stereocenters. The Labute approximate surface area is 153 Å². The Morgan fingerprint density at radius 2 is 1.68 bits per heavy atom. The second-order valence-corrected chi connectivity index (χ2v) is 6.83. The molecule has 0 aliphatic heterocycles. The molecule has 0 bridgehead atoms. The summed E-state index contributed by atoms with van der Waals surface area (Å²) in [4.78, 5) is 8.76. The van der Waals surface area contributed by atoms with Gasteiger partial charge in [0.2, 0.25) is 11.8 Å². The average Bonchev–Trinajstić information content (AvgIpc) is 2.64. The Hall–Kier alpha value is -2.28. The number of para-hydroxylation sites is 1. The molecule has 0 radical (unpaired) electrons. The topological polar surface area (TPSA) is 59.8 Å². The van der Waals surface area contributed by atoms with Crippen LogP contribution in [0.3, 0.4) is 0 Å². The van der Waals surface area contributed by atoms with Gasteiger partial charge in [-0.3, -0.25) is 5.01 Å². The highest BCUT2D eigenvalue weighted by Crippen LogP contribution is 2.28. The smallest absolute Gasteiger partial charge is 0.220 e. The predicted molar refractivity (Wildman–Crippen MR) is 103 cm³/mol. The van der Waals surface area contributed by atoms with Gasteiger partial charge >= 0.3 is 0 Å². The minimum absolute atomic E-state index is 0.114. The molecule has 1 atom stereocenters. The van der Waals surface area contributed by atoms with Crippen molar-refractivity contribution in [3.63, 3.8) is 0 Å². The number of hydrogen-bond acceptors (Lipinski definition) is 7. The van der Waals surface area contributed by atoms with Gasteiger partial charge in [0, 0.05) is 13.3 Å². The van der Waals surface area contributed by atoms with Gasteiger partial charge in [0.25, 0.3) is 0 Å². The van der Waals surface area contributed by atoms with E-state index < -0.39 is 0 Å². The first-order valence-corrected chi connectivity index (χ1v) is 8.88. The molecule has 7 heteroatoms. The van der Waals surface area contributed by atoms with Crippen molar-refractivity contribution in [2.24, 2.45) is 11.0 Å². The number of rotatable bonds is 8. The number of anilines is 1. The molecule has 2 rings (SSSR count). The molecule has 25 heavy (non-hydrogen) atoms. The third kappa shape index (κ3) is 5.63. The number of benzene rings is 1. The van der Waals surface area contributed by atoms with Crippen LogP contribution in [0.5, 0.6) is 11.8 Å². The molecule has 1 heterocycles. The molecular formula is C18H24N4O2S. The van der Waals surface area contributed by atoms with Gasteiger partial charge < -0.3 is 9.47 Å². The van der Waals surface area contributed by atoms with Crippen LogP contribution in [0.15, 0.2) is 46.7 Å². The van der Waals surface area contributed by atoms with Crippen LogP contribution >= 0.6 is 11.8 Å². The summed E-state index contributed by atoms with van der Waals surface area (Å²) in [5, 5.41) is 7.13. The fourth-order valence-electron chi connectivity index (χ4n) is 1.98. The van der Waals surface area contributed by atoms with Gasteiger partial charge in [0.05, 0.1) is 31.2 Å². The largest absolute Gasteiger partial charge is 0.481 e. The van der Waals surface area contributed by atoms with Gasteiger partial charge in [-0.15, -0.1) is 0 Å². The Morgan fingerprint density at radius 1 is 1.08 bits per heavy atom. The van der Waals surface area contributed by atoms with E-state index in [0.717, 1.165) is 5.69 Å². The molecule has 0 N–H and O–H groups in total. The van der Waals surface area contributed by atoms with Gasteiger partial charge in [-0.05, 0) is 18.1 Å². The first-order chi connectivity index (χ1) is 12.0. The van der Waals surface area contributed by atoms with Crippen LogP contribution in [-0.2, 0) is 0 Å². The highest BCUT2D eigenvalue weighted by molar-refractivity contribution is 8.00. The zero-order valence-corrected chi connectivity index (χ0v) is 16.0. The van der Waals surface area contributed by atoms with Crippen molar-refractivity contribution in [1.82, 2.24) is 9.97 Å². The van der Waals surface area contributed by atoms with E-state index in [1.807, 2.05) is 48.6 Å². The second-order valence-electron chi connectivity index (χ2n) is 5.69. The van der Waals surface area contributed by atoms with Crippen LogP contribution < -0.4 is 14.5 Å². The lowest BCUT2D eigenvalue weighted by molar-refractivity contribution is 0.364. The van der Waals surface area contributed by atoms with Crippen molar-refractivity contribution in [3.8, 4) is 11.8 Å². The second kappa shape index (κ2) is 9.27. The molecule has 1 aromatic heterocycles. The maximum absolute atomic E-state index is 5.21. The predicted octanol–water partition coefficient (Wildman–Crippen LogP) is 3.73. The third-order valence-electron chi connectivity index (χ3n) is 3.49. The standard InChI is InChI=1S/C18H24N4O2S/c1-13(2)15(12-19-22(3)14-9-7-6-8-10-14)25-18-20-16(23-4)11-17(21-18)24-5/h6-13,15H,1-5H3. The normalized spacial score (nSPS) is 12.4. The lowest BCUT2D eigenvalue weighted by Crippen LogP contribution is -2.17. The summed E-state index contributed by atoms with van der Waals surface area (Å²) in [5.41, 5.74) is 1.03.